The van der Waals surface area contributed by atoms with E-state index in [4.69, 9.17) is 0 Å². The number of sulfonamides is 1. The van der Waals surface area contributed by atoms with Gasteiger partial charge in [0.05, 0.1) is 23.8 Å². The molecule has 2 aromatic rings. The maximum absolute atomic E-state index is 12.1. The summed E-state index contributed by atoms with van der Waals surface area (Å²) in [6, 6.07) is 7.53. The Bertz CT molecular complexity index is 674. The van der Waals surface area contributed by atoms with E-state index in [1.54, 1.807) is 6.07 Å². The van der Waals surface area contributed by atoms with Crippen LogP contribution in [0, 0.1) is 0 Å². The molecule has 0 saturated carbocycles. The third-order valence-corrected chi connectivity index (χ3v) is 4.02. The molecule has 2 N–H and O–H groups in total. The molecule has 0 fully saturated rings. The van der Waals surface area contributed by atoms with Gasteiger partial charge in [-0.25, -0.2) is 18.4 Å². The van der Waals surface area contributed by atoms with Crippen LogP contribution in [0.2, 0.25) is 0 Å². The number of anilines is 1. The smallest absolute Gasteiger partial charge is 0.237 e. The summed E-state index contributed by atoms with van der Waals surface area (Å²) >= 11 is 0. The summed E-state index contributed by atoms with van der Waals surface area (Å²) in [5.74, 6) is -0.0815. The minimum absolute atomic E-state index is 0.0815. The zero-order chi connectivity index (χ0) is 15.1. The number of nitrogens with zero attached hydrogens (tertiary/aromatic N) is 2. The standard InChI is InChI=1S/C14H18N4O2S/c1-2-15-7-12-4-3-5-13(6-12)10-21(19,20)18-14-8-16-11-17-9-14/h3-6,8-9,11,15,18H,2,7,10H2,1H3. The molecule has 0 aliphatic carbocycles. The van der Waals surface area contributed by atoms with Crippen molar-refractivity contribution in [1.82, 2.24) is 15.3 Å². The van der Waals surface area contributed by atoms with E-state index in [1.165, 1.54) is 18.7 Å². The molecule has 0 aliphatic heterocycles. The summed E-state index contributed by atoms with van der Waals surface area (Å²) in [5.41, 5.74) is 2.17. The molecule has 0 bridgehead atoms. The molecule has 0 saturated heterocycles. The second-order valence-electron chi connectivity index (χ2n) is 4.59. The highest BCUT2D eigenvalue weighted by molar-refractivity contribution is 7.91. The fourth-order valence-corrected chi connectivity index (χ4v) is 3.04. The first-order valence-electron chi connectivity index (χ1n) is 6.63. The highest BCUT2D eigenvalue weighted by Crippen LogP contribution is 2.12. The molecular formula is C14H18N4O2S. The molecule has 0 aliphatic rings. The van der Waals surface area contributed by atoms with E-state index in [1.807, 2.05) is 25.1 Å². The van der Waals surface area contributed by atoms with Crippen LogP contribution in [0.5, 0.6) is 0 Å². The fourth-order valence-electron chi connectivity index (χ4n) is 1.89. The lowest BCUT2D eigenvalue weighted by Crippen LogP contribution is -2.16. The molecule has 112 valence electrons. The molecule has 7 heteroatoms. The molecule has 1 aromatic heterocycles. The molecule has 1 aromatic carbocycles. The van der Waals surface area contributed by atoms with Crippen LogP contribution in [0.4, 0.5) is 5.69 Å². The van der Waals surface area contributed by atoms with E-state index in [2.05, 4.69) is 20.0 Å². The first-order chi connectivity index (χ1) is 10.1. The highest BCUT2D eigenvalue weighted by Gasteiger charge is 2.12. The monoisotopic (exact) mass is 306 g/mol. The van der Waals surface area contributed by atoms with Crippen molar-refractivity contribution in [3.63, 3.8) is 0 Å². The van der Waals surface area contributed by atoms with E-state index in [-0.39, 0.29) is 5.75 Å². The topological polar surface area (TPSA) is 84.0 Å². The number of benzene rings is 1. The van der Waals surface area contributed by atoms with E-state index < -0.39 is 10.0 Å². The Morgan fingerprint density at radius 2 is 1.86 bits per heavy atom. The van der Waals surface area contributed by atoms with Crippen molar-refractivity contribution in [2.75, 3.05) is 11.3 Å². The molecule has 0 unspecified atom stereocenters. The lowest BCUT2D eigenvalue weighted by molar-refractivity contribution is 0.600. The van der Waals surface area contributed by atoms with Crippen LogP contribution in [0.15, 0.2) is 43.0 Å². The molecule has 0 spiro atoms. The zero-order valence-corrected chi connectivity index (χ0v) is 12.6. The van der Waals surface area contributed by atoms with Gasteiger partial charge >= 0.3 is 0 Å². The predicted molar refractivity (Wildman–Crippen MR) is 82.1 cm³/mol. The van der Waals surface area contributed by atoms with Gasteiger partial charge in [-0.05, 0) is 17.7 Å². The van der Waals surface area contributed by atoms with Crippen molar-refractivity contribution in [2.24, 2.45) is 0 Å². The number of rotatable bonds is 7. The third-order valence-electron chi connectivity index (χ3n) is 2.76. The largest absolute Gasteiger partial charge is 0.313 e. The van der Waals surface area contributed by atoms with Gasteiger partial charge in [0.15, 0.2) is 0 Å². The van der Waals surface area contributed by atoms with Gasteiger partial charge in [-0.3, -0.25) is 4.72 Å². The number of hydrogen-bond donors (Lipinski definition) is 2. The van der Waals surface area contributed by atoms with Gasteiger partial charge in [0.1, 0.15) is 6.33 Å². The summed E-state index contributed by atoms with van der Waals surface area (Å²) in [7, 11) is -3.48. The number of nitrogens with one attached hydrogen (secondary N) is 2. The summed E-state index contributed by atoms with van der Waals surface area (Å²) in [6.07, 6.45) is 4.19. The summed E-state index contributed by atoms with van der Waals surface area (Å²) in [5, 5.41) is 3.21. The lowest BCUT2D eigenvalue weighted by Gasteiger charge is -2.09. The minimum Gasteiger partial charge on any atom is -0.313 e. The zero-order valence-electron chi connectivity index (χ0n) is 11.8. The van der Waals surface area contributed by atoms with E-state index in [0.717, 1.165) is 24.2 Å². The third kappa shape index (κ3) is 5.13. The molecule has 1 heterocycles. The summed E-state index contributed by atoms with van der Waals surface area (Å²) in [4.78, 5) is 7.55. The second-order valence-corrected chi connectivity index (χ2v) is 6.31. The van der Waals surface area contributed by atoms with Crippen LogP contribution >= 0.6 is 0 Å². The van der Waals surface area contributed by atoms with E-state index in [9.17, 15) is 8.42 Å². The van der Waals surface area contributed by atoms with Crippen LogP contribution in [-0.2, 0) is 22.3 Å². The maximum atomic E-state index is 12.1. The van der Waals surface area contributed by atoms with Gasteiger partial charge in [-0.2, -0.15) is 0 Å². The molecule has 0 amide bonds. The Morgan fingerprint density at radius 3 is 2.57 bits per heavy atom. The minimum atomic E-state index is -3.48. The molecule has 21 heavy (non-hydrogen) atoms. The van der Waals surface area contributed by atoms with Crippen molar-refractivity contribution in [2.45, 2.75) is 19.2 Å². The predicted octanol–water partition coefficient (Wildman–Crippen LogP) is 1.53. The van der Waals surface area contributed by atoms with Gasteiger partial charge in [0.2, 0.25) is 10.0 Å². The van der Waals surface area contributed by atoms with Gasteiger partial charge in [0, 0.05) is 6.54 Å². The van der Waals surface area contributed by atoms with Crippen LogP contribution in [-0.4, -0.2) is 24.9 Å². The van der Waals surface area contributed by atoms with E-state index in [0.29, 0.717) is 5.69 Å². The van der Waals surface area contributed by atoms with Crippen molar-refractivity contribution >= 4 is 15.7 Å². The van der Waals surface area contributed by atoms with Gasteiger partial charge in [-0.1, -0.05) is 31.2 Å². The molecule has 0 radical (unpaired) electrons. The van der Waals surface area contributed by atoms with Crippen molar-refractivity contribution in [1.29, 1.82) is 0 Å². The Hall–Kier alpha value is -1.99. The van der Waals surface area contributed by atoms with Crippen LogP contribution < -0.4 is 10.0 Å². The Balaban J connectivity index is 2.06. The SMILES string of the molecule is CCNCc1cccc(CS(=O)(=O)Nc2cncnc2)c1. The van der Waals surface area contributed by atoms with Gasteiger partial charge < -0.3 is 5.32 Å². The number of aromatic nitrogens is 2. The van der Waals surface area contributed by atoms with Crippen LogP contribution in [0.1, 0.15) is 18.1 Å². The number of hydrogen-bond acceptors (Lipinski definition) is 5. The Morgan fingerprint density at radius 1 is 1.14 bits per heavy atom. The quantitative estimate of drug-likeness (QED) is 0.810. The Kier molecular flexibility index (Phi) is 5.24. The lowest BCUT2D eigenvalue weighted by atomic mass is 10.1. The van der Waals surface area contributed by atoms with Gasteiger partial charge in [0.25, 0.3) is 0 Å². The first kappa shape index (κ1) is 15.4. The highest BCUT2D eigenvalue weighted by atomic mass is 32.2. The Labute approximate surface area is 124 Å². The van der Waals surface area contributed by atoms with Crippen molar-refractivity contribution in [3.8, 4) is 0 Å². The fraction of sp³-hybridized carbons (Fsp3) is 0.286. The normalized spacial score (nSPS) is 11.3. The van der Waals surface area contributed by atoms with Gasteiger partial charge in [-0.15, -0.1) is 0 Å². The summed E-state index contributed by atoms with van der Waals surface area (Å²) in [6.45, 7) is 3.63. The molecule has 2 rings (SSSR count). The van der Waals surface area contributed by atoms with Crippen LogP contribution in [0.25, 0.3) is 0 Å². The molecule has 0 atom stereocenters. The first-order valence-corrected chi connectivity index (χ1v) is 8.28. The average Bonchev–Trinajstić information content (AvgIpc) is 2.45. The van der Waals surface area contributed by atoms with Crippen LogP contribution in [0.3, 0.4) is 0 Å². The maximum Gasteiger partial charge on any atom is 0.237 e. The average molecular weight is 306 g/mol. The summed E-state index contributed by atoms with van der Waals surface area (Å²) < 4.78 is 26.7. The van der Waals surface area contributed by atoms with Crippen molar-refractivity contribution in [3.05, 3.63) is 54.1 Å². The molecular weight excluding hydrogens is 288 g/mol. The van der Waals surface area contributed by atoms with E-state index >= 15 is 0 Å². The second kappa shape index (κ2) is 7.14. The molecule has 6 nitrogen and oxygen atoms in total. The van der Waals surface area contributed by atoms with Crippen molar-refractivity contribution < 1.29 is 8.42 Å².